The Bertz CT molecular complexity index is 1150. The van der Waals surface area contributed by atoms with Gasteiger partial charge in [0.1, 0.15) is 17.2 Å². The van der Waals surface area contributed by atoms with Crippen LogP contribution in [0.15, 0.2) is 36.4 Å². The van der Waals surface area contributed by atoms with Gasteiger partial charge in [-0.25, -0.2) is 9.37 Å². The molecule has 3 aromatic rings. The SMILES string of the molecule is CN(C)Cc1cc(-c2nc(-c3ccc4c(c3)CCNC4=O)c(N)nc2F)ccc1F. The van der Waals surface area contributed by atoms with E-state index in [1.54, 1.807) is 18.2 Å². The van der Waals surface area contributed by atoms with Crippen molar-refractivity contribution >= 4 is 11.7 Å². The van der Waals surface area contributed by atoms with Crippen LogP contribution in [0.1, 0.15) is 21.5 Å². The van der Waals surface area contributed by atoms with Gasteiger partial charge in [-0.05, 0) is 56.4 Å². The van der Waals surface area contributed by atoms with Crippen molar-refractivity contribution in [1.29, 1.82) is 0 Å². The number of benzene rings is 2. The van der Waals surface area contributed by atoms with Crippen LogP contribution in [-0.2, 0) is 13.0 Å². The van der Waals surface area contributed by atoms with Crippen molar-refractivity contribution in [2.24, 2.45) is 0 Å². The van der Waals surface area contributed by atoms with Crippen LogP contribution in [0.2, 0.25) is 0 Å². The van der Waals surface area contributed by atoms with Crippen molar-refractivity contribution in [3.05, 3.63) is 64.9 Å². The summed E-state index contributed by atoms with van der Waals surface area (Å²) in [5, 5.41) is 2.79. The molecule has 1 aliphatic heterocycles. The van der Waals surface area contributed by atoms with Crippen LogP contribution in [0, 0.1) is 11.8 Å². The minimum absolute atomic E-state index is 0.00494. The lowest BCUT2D eigenvalue weighted by molar-refractivity contribution is 0.0946. The average molecular weight is 409 g/mol. The van der Waals surface area contributed by atoms with E-state index in [2.05, 4.69) is 15.3 Å². The van der Waals surface area contributed by atoms with E-state index in [1.165, 1.54) is 12.1 Å². The van der Waals surface area contributed by atoms with Crippen LogP contribution in [0.5, 0.6) is 0 Å². The van der Waals surface area contributed by atoms with Gasteiger partial charge in [-0.1, -0.05) is 6.07 Å². The normalized spacial score (nSPS) is 13.3. The fraction of sp³-hybridized carbons (Fsp3) is 0.227. The lowest BCUT2D eigenvalue weighted by atomic mass is 9.96. The van der Waals surface area contributed by atoms with E-state index in [9.17, 15) is 13.6 Å². The summed E-state index contributed by atoms with van der Waals surface area (Å²) in [5.41, 5.74) is 9.24. The maximum Gasteiger partial charge on any atom is 0.251 e. The number of hydrogen-bond acceptors (Lipinski definition) is 5. The zero-order valence-electron chi connectivity index (χ0n) is 16.7. The first-order chi connectivity index (χ1) is 14.3. The number of amides is 1. The molecule has 0 aliphatic carbocycles. The highest BCUT2D eigenvalue weighted by Crippen LogP contribution is 2.31. The highest BCUT2D eigenvalue weighted by atomic mass is 19.1. The van der Waals surface area contributed by atoms with Gasteiger partial charge in [0.15, 0.2) is 5.82 Å². The van der Waals surface area contributed by atoms with Gasteiger partial charge in [0.25, 0.3) is 5.91 Å². The molecule has 8 heteroatoms. The summed E-state index contributed by atoms with van der Waals surface area (Å²) in [5.74, 6) is -1.37. The van der Waals surface area contributed by atoms with Crippen molar-refractivity contribution in [3.63, 3.8) is 0 Å². The van der Waals surface area contributed by atoms with E-state index in [4.69, 9.17) is 5.73 Å². The molecule has 0 saturated heterocycles. The molecule has 1 aromatic heterocycles. The summed E-state index contributed by atoms with van der Waals surface area (Å²) in [4.78, 5) is 22.1. The molecule has 0 unspecified atom stereocenters. The minimum atomic E-state index is -0.823. The van der Waals surface area contributed by atoms with Crippen molar-refractivity contribution in [1.82, 2.24) is 20.2 Å². The average Bonchev–Trinajstić information content (AvgIpc) is 2.69. The van der Waals surface area contributed by atoms with Gasteiger partial charge < -0.3 is 16.0 Å². The van der Waals surface area contributed by atoms with Gasteiger partial charge in [0.05, 0.1) is 0 Å². The first-order valence-electron chi connectivity index (χ1n) is 9.51. The molecule has 0 bridgehead atoms. The third-order valence-electron chi connectivity index (χ3n) is 4.99. The molecule has 3 N–H and O–H groups in total. The van der Waals surface area contributed by atoms with Crippen LogP contribution < -0.4 is 11.1 Å². The number of carbonyl (C=O) groups is 1. The molecule has 1 amide bonds. The smallest absolute Gasteiger partial charge is 0.251 e. The fourth-order valence-corrected chi connectivity index (χ4v) is 3.58. The minimum Gasteiger partial charge on any atom is -0.382 e. The summed E-state index contributed by atoms with van der Waals surface area (Å²) in [6.45, 7) is 0.915. The number of aromatic nitrogens is 2. The monoisotopic (exact) mass is 409 g/mol. The maximum absolute atomic E-state index is 14.6. The second-order valence-corrected chi connectivity index (χ2v) is 7.52. The Labute approximate surface area is 172 Å². The molecular formula is C22H21F2N5O. The quantitative estimate of drug-likeness (QED) is 0.692. The zero-order valence-corrected chi connectivity index (χ0v) is 16.7. The molecule has 6 nitrogen and oxygen atoms in total. The number of nitrogens with two attached hydrogens (primary N) is 1. The molecule has 30 heavy (non-hydrogen) atoms. The van der Waals surface area contributed by atoms with Crippen LogP contribution in [0.3, 0.4) is 0 Å². The first kappa shape index (κ1) is 19.9. The molecule has 0 spiro atoms. The van der Waals surface area contributed by atoms with E-state index < -0.39 is 5.95 Å². The fourth-order valence-electron chi connectivity index (χ4n) is 3.58. The molecule has 2 heterocycles. The van der Waals surface area contributed by atoms with E-state index in [-0.39, 0.29) is 23.2 Å². The molecular weight excluding hydrogens is 388 g/mol. The summed E-state index contributed by atoms with van der Waals surface area (Å²) in [6, 6.07) is 9.59. The lowest BCUT2D eigenvalue weighted by Crippen LogP contribution is -2.31. The van der Waals surface area contributed by atoms with E-state index >= 15 is 0 Å². The summed E-state index contributed by atoms with van der Waals surface area (Å²) in [6.07, 6.45) is 0.683. The first-order valence-corrected chi connectivity index (χ1v) is 9.51. The number of anilines is 1. The predicted octanol–water partition coefficient (Wildman–Crippen LogP) is 3.02. The summed E-state index contributed by atoms with van der Waals surface area (Å²) in [7, 11) is 3.65. The van der Waals surface area contributed by atoms with Gasteiger partial charge >= 0.3 is 0 Å². The Balaban J connectivity index is 1.80. The van der Waals surface area contributed by atoms with Crippen molar-refractivity contribution in [2.75, 3.05) is 26.4 Å². The van der Waals surface area contributed by atoms with E-state index in [0.29, 0.717) is 47.5 Å². The topological polar surface area (TPSA) is 84.1 Å². The number of nitrogens with zero attached hydrogens (tertiary/aromatic N) is 3. The van der Waals surface area contributed by atoms with Crippen molar-refractivity contribution < 1.29 is 13.6 Å². The Kier molecular flexibility index (Phi) is 5.17. The summed E-state index contributed by atoms with van der Waals surface area (Å²) < 4.78 is 28.8. The Morgan fingerprint density at radius 1 is 1.07 bits per heavy atom. The van der Waals surface area contributed by atoms with Crippen LogP contribution >= 0.6 is 0 Å². The standard InChI is InChI=1S/C22H21F2N5O/c1-29(2)11-15-10-13(4-6-17(15)23)18-20(24)28-21(25)19(27-18)14-3-5-16-12(9-14)7-8-26-22(16)30/h3-6,9-10H,7-8,11H2,1-2H3,(H2,25,28)(H,26,30). The second kappa shape index (κ2) is 7.79. The zero-order chi connectivity index (χ0) is 21.4. The van der Waals surface area contributed by atoms with E-state index in [0.717, 1.165) is 5.56 Å². The predicted molar refractivity (Wildman–Crippen MR) is 111 cm³/mol. The maximum atomic E-state index is 14.6. The number of fused-ring (bicyclic) bond motifs is 1. The Morgan fingerprint density at radius 3 is 2.57 bits per heavy atom. The molecule has 0 radical (unpaired) electrons. The van der Waals surface area contributed by atoms with E-state index in [1.807, 2.05) is 25.1 Å². The molecule has 0 saturated carbocycles. The van der Waals surface area contributed by atoms with Crippen molar-refractivity contribution in [2.45, 2.75) is 13.0 Å². The second-order valence-electron chi connectivity index (χ2n) is 7.52. The Morgan fingerprint density at radius 2 is 1.80 bits per heavy atom. The highest BCUT2D eigenvalue weighted by molar-refractivity contribution is 5.97. The van der Waals surface area contributed by atoms with Gasteiger partial charge in [0.2, 0.25) is 5.95 Å². The van der Waals surface area contributed by atoms with Crippen LogP contribution in [0.25, 0.3) is 22.5 Å². The molecule has 0 fully saturated rings. The number of rotatable bonds is 4. The largest absolute Gasteiger partial charge is 0.382 e. The van der Waals surface area contributed by atoms with Crippen LogP contribution in [0.4, 0.5) is 14.6 Å². The van der Waals surface area contributed by atoms with Crippen molar-refractivity contribution in [3.8, 4) is 22.5 Å². The molecule has 154 valence electrons. The van der Waals surface area contributed by atoms with Crippen LogP contribution in [-0.4, -0.2) is 41.4 Å². The number of halogens is 2. The molecule has 4 rings (SSSR count). The van der Waals surface area contributed by atoms with Gasteiger partial charge in [-0.3, -0.25) is 4.79 Å². The molecule has 0 atom stereocenters. The van der Waals surface area contributed by atoms with Gasteiger partial charge in [-0.2, -0.15) is 9.37 Å². The number of nitrogen functional groups attached to an aromatic ring is 1. The number of nitrogens with one attached hydrogen (secondary N) is 1. The van der Waals surface area contributed by atoms with Gasteiger partial charge in [-0.15, -0.1) is 0 Å². The number of carbonyl (C=O) groups excluding carboxylic acids is 1. The third kappa shape index (κ3) is 3.73. The highest BCUT2D eigenvalue weighted by Gasteiger charge is 2.20. The Hall–Kier alpha value is -3.39. The third-order valence-corrected chi connectivity index (χ3v) is 4.99. The summed E-state index contributed by atoms with van der Waals surface area (Å²) >= 11 is 0. The van der Waals surface area contributed by atoms with Gasteiger partial charge in [0, 0.05) is 35.3 Å². The lowest BCUT2D eigenvalue weighted by Gasteiger charge is -2.17. The molecule has 1 aliphatic rings. The number of hydrogen-bond donors (Lipinski definition) is 2. The molecule has 2 aromatic carbocycles.